The molecule has 2 heterocycles. The quantitative estimate of drug-likeness (QED) is 0.674. The Bertz CT molecular complexity index is 977. The second-order valence-electron chi connectivity index (χ2n) is 5.19. The molecule has 1 aromatic carbocycles. The van der Waals surface area contributed by atoms with Crippen molar-refractivity contribution in [3.8, 4) is 5.75 Å². The number of hydrogen-bond donors (Lipinski definition) is 0. The summed E-state index contributed by atoms with van der Waals surface area (Å²) in [7, 11) is 1.55. The van der Waals surface area contributed by atoms with Crippen LogP contribution in [0.1, 0.15) is 26.6 Å². The smallest absolute Gasteiger partial charge is 0.338 e. The number of fused-ring (bicyclic) bond motifs is 1. The highest BCUT2D eigenvalue weighted by molar-refractivity contribution is 7.16. The third-order valence-electron chi connectivity index (χ3n) is 3.39. The lowest BCUT2D eigenvalue weighted by molar-refractivity contribution is 0.0471. The number of carbonyl (C=O) groups is 1. The fraction of sp³-hybridized carbons (Fsp3) is 0.250. The van der Waals surface area contributed by atoms with Gasteiger partial charge in [0.2, 0.25) is 4.96 Å². The Hall–Kier alpha value is -2.74. The van der Waals surface area contributed by atoms with Crippen molar-refractivity contribution in [3.63, 3.8) is 0 Å². The molecule has 0 aliphatic heterocycles. The Morgan fingerprint density at radius 3 is 2.83 bits per heavy atom. The molecule has 0 bridgehead atoms. The first kappa shape index (κ1) is 16.1. The van der Waals surface area contributed by atoms with Gasteiger partial charge in [0.25, 0.3) is 5.56 Å². The van der Waals surface area contributed by atoms with Crippen molar-refractivity contribution in [2.45, 2.75) is 20.5 Å². The molecular formula is C16H15N3O4S. The van der Waals surface area contributed by atoms with Crippen LogP contribution < -0.4 is 10.3 Å². The average molecular weight is 345 g/mol. The van der Waals surface area contributed by atoms with Gasteiger partial charge in [-0.2, -0.15) is 9.61 Å². The molecule has 0 radical (unpaired) electrons. The summed E-state index contributed by atoms with van der Waals surface area (Å²) >= 11 is 1.21. The van der Waals surface area contributed by atoms with Gasteiger partial charge in [-0.25, -0.2) is 9.78 Å². The lowest BCUT2D eigenvalue weighted by Gasteiger charge is -2.07. The Morgan fingerprint density at radius 2 is 2.08 bits per heavy atom. The van der Waals surface area contributed by atoms with E-state index < -0.39 is 5.97 Å². The number of aryl methyl sites for hydroxylation is 2. The van der Waals surface area contributed by atoms with Crippen LogP contribution in [0.3, 0.4) is 0 Å². The van der Waals surface area contributed by atoms with E-state index in [2.05, 4.69) is 10.1 Å². The second-order valence-corrected chi connectivity index (χ2v) is 6.23. The van der Waals surface area contributed by atoms with Crippen molar-refractivity contribution in [1.82, 2.24) is 14.6 Å². The van der Waals surface area contributed by atoms with E-state index in [-0.39, 0.29) is 12.2 Å². The zero-order chi connectivity index (χ0) is 17.3. The molecule has 124 valence electrons. The van der Waals surface area contributed by atoms with Gasteiger partial charge >= 0.3 is 5.97 Å². The van der Waals surface area contributed by atoms with E-state index in [9.17, 15) is 9.59 Å². The van der Waals surface area contributed by atoms with Gasteiger partial charge in [0.15, 0.2) is 5.01 Å². The summed E-state index contributed by atoms with van der Waals surface area (Å²) in [6, 6.07) is 6.50. The molecule has 2 aromatic heterocycles. The summed E-state index contributed by atoms with van der Waals surface area (Å²) in [6.07, 6.45) is 0. The molecule has 0 N–H and O–H groups in total. The Morgan fingerprint density at radius 1 is 1.29 bits per heavy atom. The number of esters is 1. The van der Waals surface area contributed by atoms with Gasteiger partial charge in [0, 0.05) is 11.8 Å². The summed E-state index contributed by atoms with van der Waals surface area (Å²) in [5, 5.41) is 4.62. The number of aromatic nitrogens is 3. The molecule has 8 heteroatoms. The highest BCUT2D eigenvalue weighted by Crippen LogP contribution is 2.20. The minimum absolute atomic E-state index is 0.0263. The second kappa shape index (κ2) is 6.40. The number of benzene rings is 1. The standard InChI is InChI=1S/C16H15N3O4S/c1-9-4-5-11(7-12(9)22-3)15(21)23-8-13-18-19-14(20)6-10(2)17-16(19)24-13/h4-7H,8H2,1-3H3. The van der Waals surface area contributed by atoms with Crippen LogP contribution in [0.5, 0.6) is 5.75 Å². The number of rotatable bonds is 4. The number of nitrogens with zero attached hydrogens (tertiary/aromatic N) is 3. The van der Waals surface area contributed by atoms with Crippen molar-refractivity contribution in [2.75, 3.05) is 7.11 Å². The van der Waals surface area contributed by atoms with E-state index >= 15 is 0 Å². The van der Waals surface area contributed by atoms with Crippen molar-refractivity contribution >= 4 is 22.3 Å². The number of ether oxygens (including phenoxy) is 2. The predicted molar refractivity (Wildman–Crippen MR) is 88.7 cm³/mol. The summed E-state index contributed by atoms with van der Waals surface area (Å²) in [6.45, 7) is 3.61. The van der Waals surface area contributed by atoms with Gasteiger partial charge in [-0.1, -0.05) is 17.4 Å². The SMILES string of the molecule is COc1cc(C(=O)OCc2nn3c(=O)cc(C)nc3s2)ccc1C. The number of methoxy groups -OCH3 is 1. The summed E-state index contributed by atoms with van der Waals surface area (Å²) in [5.41, 5.74) is 1.69. The van der Waals surface area contributed by atoms with Crippen molar-refractivity contribution in [1.29, 1.82) is 0 Å². The van der Waals surface area contributed by atoms with Crippen LogP contribution in [0, 0.1) is 13.8 Å². The van der Waals surface area contributed by atoms with Gasteiger partial charge in [-0.05, 0) is 31.5 Å². The van der Waals surface area contributed by atoms with Gasteiger partial charge in [-0.3, -0.25) is 4.79 Å². The maximum Gasteiger partial charge on any atom is 0.338 e. The zero-order valence-electron chi connectivity index (χ0n) is 13.4. The zero-order valence-corrected chi connectivity index (χ0v) is 14.2. The molecule has 0 aliphatic carbocycles. The molecule has 0 amide bonds. The normalized spacial score (nSPS) is 10.8. The van der Waals surface area contributed by atoms with E-state index in [1.807, 2.05) is 6.92 Å². The van der Waals surface area contributed by atoms with Gasteiger partial charge in [0.05, 0.1) is 12.7 Å². The summed E-state index contributed by atoms with van der Waals surface area (Å²) < 4.78 is 11.7. The number of carbonyl (C=O) groups excluding carboxylic acids is 1. The van der Waals surface area contributed by atoms with Crippen LogP contribution in [0.4, 0.5) is 0 Å². The molecule has 7 nitrogen and oxygen atoms in total. The molecule has 0 unspecified atom stereocenters. The van der Waals surface area contributed by atoms with Crippen LogP contribution in [0.2, 0.25) is 0 Å². The fourth-order valence-corrected chi connectivity index (χ4v) is 3.03. The van der Waals surface area contributed by atoms with E-state index in [4.69, 9.17) is 9.47 Å². The largest absolute Gasteiger partial charge is 0.496 e. The Balaban J connectivity index is 1.77. The van der Waals surface area contributed by atoms with Crippen LogP contribution in [-0.2, 0) is 11.3 Å². The lowest BCUT2D eigenvalue weighted by Crippen LogP contribution is -2.14. The summed E-state index contributed by atoms with van der Waals surface area (Å²) in [5.74, 6) is 0.139. The monoisotopic (exact) mass is 345 g/mol. The molecule has 0 aliphatic rings. The van der Waals surface area contributed by atoms with Crippen molar-refractivity contribution < 1.29 is 14.3 Å². The van der Waals surface area contributed by atoms with Crippen molar-refractivity contribution in [2.24, 2.45) is 0 Å². The molecule has 0 spiro atoms. The van der Waals surface area contributed by atoms with Crippen LogP contribution >= 0.6 is 11.3 Å². The minimum Gasteiger partial charge on any atom is -0.496 e. The molecule has 0 atom stereocenters. The highest BCUT2D eigenvalue weighted by Gasteiger charge is 2.13. The fourth-order valence-electron chi connectivity index (χ4n) is 2.18. The highest BCUT2D eigenvalue weighted by atomic mass is 32.1. The summed E-state index contributed by atoms with van der Waals surface area (Å²) in [4.78, 5) is 28.7. The van der Waals surface area contributed by atoms with Gasteiger partial charge in [0.1, 0.15) is 12.4 Å². The van der Waals surface area contributed by atoms with E-state index in [0.29, 0.717) is 27.0 Å². The molecule has 0 fully saturated rings. The molecular weight excluding hydrogens is 330 g/mol. The maximum atomic E-state index is 12.1. The molecule has 0 saturated carbocycles. The van der Waals surface area contributed by atoms with Crippen molar-refractivity contribution in [3.05, 3.63) is 56.4 Å². The maximum absolute atomic E-state index is 12.1. The van der Waals surface area contributed by atoms with E-state index in [1.165, 1.54) is 21.9 Å². The predicted octanol–water partition coefficient (Wildman–Crippen LogP) is 2.13. The topological polar surface area (TPSA) is 82.8 Å². The molecule has 3 aromatic rings. The third-order valence-corrected chi connectivity index (χ3v) is 4.27. The van der Waals surface area contributed by atoms with Gasteiger partial charge in [-0.15, -0.1) is 0 Å². The molecule has 24 heavy (non-hydrogen) atoms. The molecule has 0 saturated heterocycles. The number of hydrogen-bond acceptors (Lipinski definition) is 7. The van der Waals surface area contributed by atoms with Crippen LogP contribution in [0.15, 0.2) is 29.1 Å². The van der Waals surface area contributed by atoms with Gasteiger partial charge < -0.3 is 9.47 Å². The average Bonchev–Trinajstić information content (AvgIpc) is 2.96. The first-order valence-corrected chi connectivity index (χ1v) is 7.98. The minimum atomic E-state index is -0.482. The Labute approximate surface area is 141 Å². The third kappa shape index (κ3) is 3.13. The van der Waals surface area contributed by atoms with E-state index in [0.717, 1.165) is 5.56 Å². The first-order valence-electron chi connectivity index (χ1n) is 7.16. The Kier molecular flexibility index (Phi) is 4.30. The lowest BCUT2D eigenvalue weighted by atomic mass is 10.1. The van der Waals surface area contributed by atoms with E-state index in [1.54, 1.807) is 32.2 Å². The van der Waals surface area contributed by atoms with Crippen LogP contribution in [-0.4, -0.2) is 27.7 Å². The first-order chi connectivity index (χ1) is 11.5. The molecule has 3 rings (SSSR count). The van der Waals surface area contributed by atoms with Crippen LogP contribution in [0.25, 0.3) is 4.96 Å².